The number of nitriles is 2. The van der Waals surface area contributed by atoms with Crippen LogP contribution in [0.2, 0.25) is 0 Å². The van der Waals surface area contributed by atoms with E-state index in [9.17, 15) is 0 Å². The van der Waals surface area contributed by atoms with Crippen molar-refractivity contribution >= 4 is 5.82 Å². The monoisotopic (exact) mass is 218 g/mol. The largest absolute Gasteiger partial charge is 0.382 e. The van der Waals surface area contributed by atoms with Crippen LogP contribution in [0.4, 0.5) is 5.82 Å². The summed E-state index contributed by atoms with van der Waals surface area (Å²) >= 11 is 0. The van der Waals surface area contributed by atoms with Crippen LogP contribution in [-0.2, 0) is 0 Å². The molecular formula is C10H14N6. The summed E-state index contributed by atoms with van der Waals surface area (Å²) in [6, 6.07) is 3.85. The fraction of sp³-hybridized carbons (Fsp3) is 0.400. The van der Waals surface area contributed by atoms with Crippen molar-refractivity contribution in [3.8, 4) is 12.1 Å². The van der Waals surface area contributed by atoms with Crippen LogP contribution in [0, 0.1) is 29.6 Å². The van der Waals surface area contributed by atoms with E-state index in [-0.39, 0.29) is 0 Å². The van der Waals surface area contributed by atoms with Crippen molar-refractivity contribution in [1.82, 2.24) is 14.9 Å². The quantitative estimate of drug-likeness (QED) is 0.717. The Morgan fingerprint density at radius 3 is 2.19 bits per heavy atom. The van der Waals surface area contributed by atoms with Crippen molar-refractivity contribution in [1.29, 1.82) is 10.5 Å². The van der Waals surface area contributed by atoms with Crippen LogP contribution < -0.4 is 5.73 Å². The normalized spacial score (nSPS) is 8.56. The number of hydrogen-bond acceptors (Lipinski definition) is 6. The number of aryl methyl sites for hydroxylation is 1. The zero-order valence-electron chi connectivity index (χ0n) is 9.38. The molecule has 0 fully saturated rings. The molecule has 0 aliphatic heterocycles. The third kappa shape index (κ3) is 7.25. The molecule has 0 amide bonds. The van der Waals surface area contributed by atoms with E-state index in [0.29, 0.717) is 18.9 Å². The van der Waals surface area contributed by atoms with Crippen LogP contribution >= 0.6 is 0 Å². The van der Waals surface area contributed by atoms with Gasteiger partial charge in [-0.25, -0.2) is 4.98 Å². The van der Waals surface area contributed by atoms with Gasteiger partial charge in [-0.05, 0) is 14.0 Å². The topological polar surface area (TPSA) is 103 Å². The predicted octanol–water partition coefficient (Wildman–Crippen LogP) is 0.333. The molecule has 0 saturated carbocycles. The Labute approximate surface area is 95.0 Å². The standard InChI is InChI=1S/2C5H7N3/c1-4-2-7-3-5(6)8-4;1-8(4-2-6)5-3-7/h2-3H,1H3,(H2,6,8);4-5H2,1H3. The molecule has 0 spiro atoms. The van der Waals surface area contributed by atoms with E-state index in [1.165, 1.54) is 6.20 Å². The second-order valence-electron chi connectivity index (χ2n) is 3.07. The highest BCUT2D eigenvalue weighted by Crippen LogP contribution is 1.92. The van der Waals surface area contributed by atoms with Crippen LogP contribution in [0.3, 0.4) is 0 Å². The van der Waals surface area contributed by atoms with Crippen molar-refractivity contribution in [2.45, 2.75) is 6.92 Å². The Morgan fingerprint density at radius 2 is 1.88 bits per heavy atom. The van der Waals surface area contributed by atoms with Gasteiger partial charge < -0.3 is 5.73 Å². The maximum atomic E-state index is 8.06. The number of nitrogen functional groups attached to an aromatic ring is 1. The lowest BCUT2D eigenvalue weighted by Crippen LogP contribution is -2.18. The summed E-state index contributed by atoms with van der Waals surface area (Å²) in [6.07, 6.45) is 3.18. The molecule has 0 atom stereocenters. The molecular weight excluding hydrogens is 204 g/mol. The van der Waals surface area contributed by atoms with E-state index in [2.05, 4.69) is 9.97 Å². The van der Waals surface area contributed by atoms with Gasteiger partial charge in [-0.2, -0.15) is 10.5 Å². The molecule has 0 saturated heterocycles. The Balaban J connectivity index is 0.000000281. The van der Waals surface area contributed by atoms with E-state index in [4.69, 9.17) is 16.3 Å². The highest BCUT2D eigenvalue weighted by atomic mass is 15.1. The van der Waals surface area contributed by atoms with Crippen molar-refractivity contribution in [2.24, 2.45) is 0 Å². The smallest absolute Gasteiger partial charge is 0.142 e. The van der Waals surface area contributed by atoms with Crippen molar-refractivity contribution in [2.75, 3.05) is 25.9 Å². The summed E-state index contributed by atoms with van der Waals surface area (Å²) in [6.45, 7) is 2.50. The van der Waals surface area contributed by atoms with Crippen LogP contribution in [0.5, 0.6) is 0 Å². The fourth-order valence-electron chi connectivity index (χ4n) is 0.780. The second-order valence-corrected chi connectivity index (χ2v) is 3.07. The minimum atomic E-state index is 0.327. The molecule has 0 aliphatic carbocycles. The fourth-order valence-corrected chi connectivity index (χ4v) is 0.780. The van der Waals surface area contributed by atoms with E-state index in [0.717, 1.165) is 5.69 Å². The molecule has 6 heteroatoms. The average Bonchev–Trinajstić information content (AvgIpc) is 2.18. The summed E-state index contributed by atoms with van der Waals surface area (Å²) < 4.78 is 0. The first kappa shape index (κ1) is 13.8. The van der Waals surface area contributed by atoms with Crippen LogP contribution in [-0.4, -0.2) is 35.0 Å². The zero-order chi connectivity index (χ0) is 12.4. The van der Waals surface area contributed by atoms with E-state index in [1.54, 1.807) is 18.1 Å². The molecule has 0 aromatic carbocycles. The summed E-state index contributed by atoms with van der Waals surface area (Å²) in [4.78, 5) is 9.32. The van der Waals surface area contributed by atoms with Gasteiger partial charge in [-0.15, -0.1) is 0 Å². The highest BCUT2D eigenvalue weighted by molar-refractivity contribution is 5.23. The van der Waals surface area contributed by atoms with Gasteiger partial charge in [-0.3, -0.25) is 9.88 Å². The third-order valence-corrected chi connectivity index (χ3v) is 1.45. The van der Waals surface area contributed by atoms with Gasteiger partial charge in [0.2, 0.25) is 0 Å². The SMILES string of the molecule is CN(CC#N)CC#N.Cc1cncc(N)n1. The second kappa shape index (κ2) is 8.16. The van der Waals surface area contributed by atoms with Gasteiger partial charge >= 0.3 is 0 Å². The third-order valence-electron chi connectivity index (χ3n) is 1.45. The van der Waals surface area contributed by atoms with Crippen molar-refractivity contribution in [3.05, 3.63) is 18.1 Å². The van der Waals surface area contributed by atoms with E-state index >= 15 is 0 Å². The molecule has 1 aromatic heterocycles. The molecule has 16 heavy (non-hydrogen) atoms. The highest BCUT2D eigenvalue weighted by Gasteiger charge is 1.90. The van der Waals surface area contributed by atoms with Crippen molar-refractivity contribution in [3.63, 3.8) is 0 Å². The number of anilines is 1. The van der Waals surface area contributed by atoms with Crippen LogP contribution in [0.1, 0.15) is 5.69 Å². The van der Waals surface area contributed by atoms with Gasteiger partial charge in [0.15, 0.2) is 0 Å². The molecule has 1 rings (SSSR count). The minimum absolute atomic E-state index is 0.327. The summed E-state index contributed by atoms with van der Waals surface area (Å²) in [5.74, 6) is 0.477. The molecule has 0 bridgehead atoms. The molecule has 6 nitrogen and oxygen atoms in total. The first-order valence-electron chi connectivity index (χ1n) is 4.56. The average molecular weight is 218 g/mol. The van der Waals surface area contributed by atoms with Gasteiger partial charge in [0, 0.05) is 6.20 Å². The lowest BCUT2D eigenvalue weighted by Gasteiger charge is -2.03. The summed E-state index contributed by atoms with van der Waals surface area (Å²) in [5.41, 5.74) is 6.14. The zero-order valence-corrected chi connectivity index (χ0v) is 9.38. The van der Waals surface area contributed by atoms with E-state index in [1.807, 2.05) is 19.1 Å². The molecule has 0 unspecified atom stereocenters. The van der Waals surface area contributed by atoms with Crippen LogP contribution in [0.25, 0.3) is 0 Å². The van der Waals surface area contributed by atoms with Crippen molar-refractivity contribution < 1.29 is 0 Å². The Morgan fingerprint density at radius 1 is 1.31 bits per heavy atom. The molecule has 1 aromatic rings. The molecule has 0 radical (unpaired) electrons. The van der Waals surface area contributed by atoms with Gasteiger partial charge in [0.25, 0.3) is 0 Å². The summed E-state index contributed by atoms with van der Waals surface area (Å²) in [5, 5.41) is 16.1. The number of rotatable bonds is 2. The molecule has 2 N–H and O–H groups in total. The molecule has 84 valence electrons. The molecule has 1 heterocycles. The Kier molecular flexibility index (Phi) is 7.04. The predicted molar refractivity (Wildman–Crippen MR) is 59.9 cm³/mol. The van der Waals surface area contributed by atoms with Gasteiger partial charge in [0.05, 0.1) is 37.1 Å². The minimum Gasteiger partial charge on any atom is -0.382 e. The number of nitrogens with zero attached hydrogens (tertiary/aromatic N) is 5. The lowest BCUT2D eigenvalue weighted by molar-refractivity contribution is 0.422. The Bertz CT molecular complexity index is 356. The number of hydrogen-bond donors (Lipinski definition) is 1. The first-order chi connectivity index (χ1) is 7.60. The summed E-state index contributed by atoms with van der Waals surface area (Å²) in [7, 11) is 1.73. The Hall–Kier alpha value is -2.18. The number of nitrogens with two attached hydrogens (primary N) is 1. The first-order valence-corrected chi connectivity index (χ1v) is 4.56. The van der Waals surface area contributed by atoms with Gasteiger partial charge in [0.1, 0.15) is 5.82 Å². The van der Waals surface area contributed by atoms with E-state index < -0.39 is 0 Å². The van der Waals surface area contributed by atoms with Gasteiger partial charge in [-0.1, -0.05) is 0 Å². The number of aromatic nitrogens is 2. The van der Waals surface area contributed by atoms with Crippen LogP contribution in [0.15, 0.2) is 12.4 Å². The maximum absolute atomic E-state index is 8.06. The molecule has 0 aliphatic rings. The lowest BCUT2D eigenvalue weighted by atomic mass is 10.5. The maximum Gasteiger partial charge on any atom is 0.142 e.